The fourth-order valence-corrected chi connectivity index (χ4v) is 1.49. The van der Waals surface area contributed by atoms with Crippen molar-refractivity contribution in [1.29, 1.82) is 0 Å². The van der Waals surface area contributed by atoms with Crippen LogP contribution in [0.5, 0.6) is 0 Å². The first-order chi connectivity index (χ1) is 8.63. The van der Waals surface area contributed by atoms with E-state index in [9.17, 15) is 9.18 Å². The zero-order valence-corrected chi connectivity index (χ0v) is 9.70. The van der Waals surface area contributed by atoms with Gasteiger partial charge in [-0.05, 0) is 12.5 Å². The zero-order chi connectivity index (χ0) is 13.1. The number of aryl methyl sites for hydroxylation is 1. The number of hydrogen-bond donors (Lipinski definition) is 3. The highest BCUT2D eigenvalue weighted by Crippen LogP contribution is 2.17. The first-order valence-electron chi connectivity index (χ1n) is 5.37. The van der Waals surface area contributed by atoms with Crippen molar-refractivity contribution in [3.63, 3.8) is 0 Å². The van der Waals surface area contributed by atoms with Crippen molar-refractivity contribution >= 4 is 17.3 Å². The second-order valence-corrected chi connectivity index (χ2v) is 3.63. The summed E-state index contributed by atoms with van der Waals surface area (Å²) in [6.45, 7) is 1.88. The minimum Gasteiger partial charge on any atom is -0.395 e. The van der Waals surface area contributed by atoms with Gasteiger partial charge in [0.05, 0.1) is 23.3 Å². The Morgan fingerprint density at radius 1 is 1.61 bits per heavy atom. The van der Waals surface area contributed by atoms with E-state index in [1.54, 1.807) is 0 Å². The summed E-state index contributed by atoms with van der Waals surface area (Å²) in [5, 5.41) is 8.86. The molecule has 2 rings (SSSR count). The Kier molecular flexibility index (Phi) is 3.22. The number of nitrogens with one attached hydrogen (secondary N) is 2. The Morgan fingerprint density at radius 2 is 2.39 bits per heavy atom. The van der Waals surface area contributed by atoms with E-state index in [2.05, 4.69) is 20.5 Å². The molecule has 0 aliphatic rings. The molecule has 1 amide bonds. The third-order valence-electron chi connectivity index (χ3n) is 2.47. The number of aromatic nitrogens is 3. The molecule has 0 fully saturated rings. The Bertz CT molecular complexity index is 581. The van der Waals surface area contributed by atoms with Crippen LogP contribution in [0.25, 0.3) is 0 Å². The molecule has 2 aromatic rings. The summed E-state index contributed by atoms with van der Waals surface area (Å²) in [6.07, 6.45) is 3.03. The number of aromatic amines is 1. The minimum atomic E-state index is -0.615. The average Bonchev–Trinajstić information content (AvgIpc) is 2.73. The Balaban J connectivity index is 2.22. The molecule has 0 radical (unpaired) electrons. The first kappa shape index (κ1) is 12.0. The molecule has 6 nitrogen and oxygen atoms in total. The number of halogens is 1. The van der Waals surface area contributed by atoms with E-state index < -0.39 is 11.7 Å². The number of nitrogens with zero attached hydrogens (tertiary/aromatic N) is 2. The lowest BCUT2D eigenvalue weighted by Crippen LogP contribution is -2.15. The highest BCUT2D eigenvalue weighted by molar-refractivity contribution is 6.06. The highest BCUT2D eigenvalue weighted by atomic mass is 19.1. The molecule has 94 valence electrons. The Labute approximate surface area is 102 Å². The first-order valence-corrected chi connectivity index (χ1v) is 5.37. The molecule has 0 unspecified atom stereocenters. The SMILES string of the molecule is CCc1[nH]nc(C(=O)Nc2ccncc2F)c1N. The van der Waals surface area contributed by atoms with E-state index in [0.717, 1.165) is 6.20 Å². The van der Waals surface area contributed by atoms with Crippen molar-refractivity contribution in [2.75, 3.05) is 11.1 Å². The second-order valence-electron chi connectivity index (χ2n) is 3.63. The third kappa shape index (κ3) is 2.15. The number of rotatable bonds is 3. The molecular formula is C11H12FN5O. The lowest BCUT2D eigenvalue weighted by molar-refractivity contribution is 0.102. The molecule has 0 aromatic carbocycles. The van der Waals surface area contributed by atoms with E-state index in [4.69, 9.17) is 5.73 Å². The molecule has 0 aliphatic heterocycles. The largest absolute Gasteiger partial charge is 0.395 e. The van der Waals surface area contributed by atoms with Gasteiger partial charge in [0.1, 0.15) is 0 Å². The molecule has 0 bridgehead atoms. The zero-order valence-electron chi connectivity index (χ0n) is 9.70. The summed E-state index contributed by atoms with van der Waals surface area (Å²) in [6, 6.07) is 1.36. The fourth-order valence-electron chi connectivity index (χ4n) is 1.49. The van der Waals surface area contributed by atoms with Crippen molar-refractivity contribution in [2.24, 2.45) is 0 Å². The summed E-state index contributed by atoms with van der Waals surface area (Å²) < 4.78 is 13.3. The van der Waals surface area contributed by atoms with Gasteiger partial charge >= 0.3 is 0 Å². The van der Waals surface area contributed by atoms with Crippen molar-refractivity contribution in [3.05, 3.63) is 35.7 Å². The van der Waals surface area contributed by atoms with Crippen LogP contribution in [0.2, 0.25) is 0 Å². The van der Waals surface area contributed by atoms with Gasteiger partial charge in [-0.15, -0.1) is 0 Å². The van der Waals surface area contributed by atoms with Gasteiger partial charge in [0, 0.05) is 6.20 Å². The van der Waals surface area contributed by atoms with Gasteiger partial charge in [-0.3, -0.25) is 14.9 Å². The number of nitrogens with two attached hydrogens (primary N) is 1. The second kappa shape index (κ2) is 4.82. The molecular weight excluding hydrogens is 237 g/mol. The summed E-state index contributed by atoms with van der Waals surface area (Å²) in [5.41, 5.74) is 6.80. The lowest BCUT2D eigenvalue weighted by Gasteiger charge is -2.04. The molecule has 0 aliphatic carbocycles. The van der Waals surface area contributed by atoms with Crippen LogP contribution in [-0.4, -0.2) is 21.1 Å². The van der Waals surface area contributed by atoms with Crippen molar-refractivity contribution in [3.8, 4) is 0 Å². The van der Waals surface area contributed by atoms with Gasteiger partial charge < -0.3 is 11.1 Å². The minimum absolute atomic E-state index is 0.0375. The quantitative estimate of drug-likeness (QED) is 0.764. The number of pyridine rings is 1. The number of carbonyl (C=O) groups excluding carboxylic acids is 1. The molecule has 4 N–H and O–H groups in total. The van der Waals surface area contributed by atoms with Crippen molar-refractivity contribution in [2.45, 2.75) is 13.3 Å². The molecule has 0 saturated carbocycles. The molecule has 18 heavy (non-hydrogen) atoms. The number of anilines is 2. The molecule has 2 heterocycles. The Morgan fingerprint density at radius 3 is 3.00 bits per heavy atom. The number of nitrogen functional groups attached to an aromatic ring is 1. The van der Waals surface area contributed by atoms with E-state index in [1.807, 2.05) is 6.92 Å². The number of carbonyl (C=O) groups is 1. The average molecular weight is 249 g/mol. The maximum atomic E-state index is 13.3. The van der Waals surface area contributed by atoms with Crippen LogP contribution < -0.4 is 11.1 Å². The lowest BCUT2D eigenvalue weighted by atomic mass is 10.2. The van der Waals surface area contributed by atoms with Crippen LogP contribution in [0.15, 0.2) is 18.5 Å². The van der Waals surface area contributed by atoms with Crippen LogP contribution in [-0.2, 0) is 6.42 Å². The van der Waals surface area contributed by atoms with Crippen molar-refractivity contribution in [1.82, 2.24) is 15.2 Å². The van der Waals surface area contributed by atoms with Crippen LogP contribution in [0.1, 0.15) is 23.1 Å². The van der Waals surface area contributed by atoms with Gasteiger partial charge in [-0.25, -0.2) is 4.39 Å². The highest BCUT2D eigenvalue weighted by Gasteiger charge is 2.17. The van der Waals surface area contributed by atoms with Gasteiger partial charge in [0.2, 0.25) is 0 Å². The van der Waals surface area contributed by atoms with Gasteiger partial charge in [0.15, 0.2) is 11.5 Å². The fraction of sp³-hybridized carbons (Fsp3) is 0.182. The van der Waals surface area contributed by atoms with Gasteiger partial charge in [0.25, 0.3) is 5.91 Å². The van der Waals surface area contributed by atoms with Crippen molar-refractivity contribution < 1.29 is 9.18 Å². The summed E-state index contributed by atoms with van der Waals surface area (Å²) in [5.74, 6) is -1.18. The number of amides is 1. The summed E-state index contributed by atoms with van der Waals surface area (Å²) >= 11 is 0. The van der Waals surface area contributed by atoms with Gasteiger partial charge in [-0.2, -0.15) is 5.10 Å². The summed E-state index contributed by atoms with van der Waals surface area (Å²) in [7, 11) is 0. The van der Waals surface area contributed by atoms with Crippen LogP contribution in [0.4, 0.5) is 15.8 Å². The van der Waals surface area contributed by atoms with E-state index in [1.165, 1.54) is 12.3 Å². The molecule has 2 aromatic heterocycles. The maximum absolute atomic E-state index is 13.3. The molecule has 0 saturated heterocycles. The smallest absolute Gasteiger partial charge is 0.278 e. The predicted octanol–water partition coefficient (Wildman–Crippen LogP) is 1.34. The van der Waals surface area contributed by atoms with Gasteiger partial charge in [-0.1, -0.05) is 6.92 Å². The van der Waals surface area contributed by atoms with E-state index in [-0.39, 0.29) is 17.1 Å². The number of H-pyrrole nitrogens is 1. The standard InChI is InChI=1S/C11H12FN5O/c1-2-7-9(13)10(17-16-7)11(18)15-8-3-4-14-5-6(8)12/h3-5H,2,13H2,1H3,(H,16,17)(H,14,15,18). The molecule has 0 atom stereocenters. The summed E-state index contributed by atoms with van der Waals surface area (Å²) in [4.78, 5) is 15.4. The molecule has 0 spiro atoms. The normalized spacial score (nSPS) is 10.3. The van der Waals surface area contributed by atoms with E-state index >= 15 is 0 Å². The third-order valence-corrected chi connectivity index (χ3v) is 2.47. The molecule has 7 heteroatoms. The predicted molar refractivity (Wildman–Crippen MR) is 64.5 cm³/mol. The maximum Gasteiger partial charge on any atom is 0.278 e. The monoisotopic (exact) mass is 249 g/mol. The van der Waals surface area contributed by atoms with Crippen LogP contribution >= 0.6 is 0 Å². The van der Waals surface area contributed by atoms with Crippen LogP contribution in [0.3, 0.4) is 0 Å². The van der Waals surface area contributed by atoms with Crippen LogP contribution in [0, 0.1) is 5.82 Å². The van der Waals surface area contributed by atoms with E-state index in [0.29, 0.717) is 12.1 Å². The topological polar surface area (TPSA) is 96.7 Å². The Hall–Kier alpha value is -2.44. The number of hydrogen-bond acceptors (Lipinski definition) is 4.